The Morgan fingerprint density at radius 3 is 2.37 bits per heavy atom. The number of aryl methyl sites for hydroxylation is 1. The summed E-state index contributed by atoms with van der Waals surface area (Å²) in [5.74, 6) is -0.134. The molecule has 7 heteroatoms. The molecular formula is C23H20Cl2N2O3. The highest BCUT2D eigenvalue weighted by molar-refractivity contribution is 6.35. The summed E-state index contributed by atoms with van der Waals surface area (Å²) in [4.78, 5) is 24.6. The van der Waals surface area contributed by atoms with Crippen LogP contribution >= 0.6 is 23.2 Å². The fourth-order valence-electron chi connectivity index (χ4n) is 2.71. The van der Waals surface area contributed by atoms with Gasteiger partial charge in [-0.1, -0.05) is 35.3 Å². The van der Waals surface area contributed by atoms with Gasteiger partial charge in [0.2, 0.25) is 0 Å². The maximum absolute atomic E-state index is 12.5. The number of hydrogen-bond acceptors (Lipinski definition) is 3. The lowest BCUT2D eigenvalue weighted by atomic mass is 10.1. The summed E-state index contributed by atoms with van der Waals surface area (Å²) in [6.45, 7) is 3.74. The lowest BCUT2D eigenvalue weighted by Gasteiger charge is -2.11. The largest absolute Gasteiger partial charge is 0.484 e. The molecule has 0 aliphatic heterocycles. The number of rotatable bonds is 6. The van der Waals surface area contributed by atoms with Gasteiger partial charge in [-0.3, -0.25) is 9.59 Å². The van der Waals surface area contributed by atoms with Crippen LogP contribution in [0.4, 0.5) is 11.4 Å². The molecule has 0 radical (unpaired) electrons. The van der Waals surface area contributed by atoms with Crippen LogP contribution in [0.2, 0.25) is 10.0 Å². The number of carbonyl (C=O) groups is 2. The van der Waals surface area contributed by atoms with Gasteiger partial charge in [0.05, 0.1) is 10.7 Å². The van der Waals surface area contributed by atoms with Crippen molar-refractivity contribution in [2.45, 2.75) is 13.8 Å². The first-order chi connectivity index (χ1) is 14.3. The van der Waals surface area contributed by atoms with Crippen LogP contribution in [-0.2, 0) is 4.79 Å². The Morgan fingerprint density at radius 1 is 0.900 bits per heavy atom. The predicted molar refractivity (Wildman–Crippen MR) is 121 cm³/mol. The summed E-state index contributed by atoms with van der Waals surface area (Å²) in [6, 6.07) is 17.1. The summed E-state index contributed by atoms with van der Waals surface area (Å²) in [6.07, 6.45) is 0. The first-order valence-corrected chi connectivity index (χ1v) is 9.94. The van der Waals surface area contributed by atoms with E-state index in [9.17, 15) is 9.59 Å². The normalized spacial score (nSPS) is 10.4. The Kier molecular flexibility index (Phi) is 6.98. The molecule has 0 aliphatic rings. The van der Waals surface area contributed by atoms with Gasteiger partial charge in [0.25, 0.3) is 11.8 Å². The molecule has 2 N–H and O–H groups in total. The topological polar surface area (TPSA) is 67.4 Å². The fraction of sp³-hybridized carbons (Fsp3) is 0.130. The maximum Gasteiger partial charge on any atom is 0.262 e. The Morgan fingerprint density at radius 2 is 1.63 bits per heavy atom. The molecule has 2 amide bonds. The highest BCUT2D eigenvalue weighted by Crippen LogP contribution is 2.25. The highest BCUT2D eigenvalue weighted by atomic mass is 35.5. The maximum atomic E-state index is 12.5. The standard InChI is InChI=1S/C23H20Cl2N2O3/c1-14-4-3-5-20(15(14)2)27-23(29)16-6-9-18(10-7-16)30-13-22(28)26-21-12-17(24)8-11-19(21)25/h3-12H,13H2,1-2H3,(H,26,28)(H,27,29). The van der Waals surface area contributed by atoms with Crippen molar-refractivity contribution in [3.63, 3.8) is 0 Å². The smallest absolute Gasteiger partial charge is 0.262 e. The molecule has 0 atom stereocenters. The zero-order valence-electron chi connectivity index (χ0n) is 16.5. The predicted octanol–water partition coefficient (Wildman–Crippen LogP) is 5.88. The number of carbonyl (C=O) groups excluding carboxylic acids is 2. The summed E-state index contributed by atoms with van der Waals surface area (Å²) in [5, 5.41) is 6.40. The van der Waals surface area contributed by atoms with E-state index in [1.165, 1.54) is 0 Å². The molecule has 3 aromatic carbocycles. The first-order valence-electron chi connectivity index (χ1n) is 9.19. The molecule has 30 heavy (non-hydrogen) atoms. The summed E-state index contributed by atoms with van der Waals surface area (Å²) in [5.41, 5.74) is 3.80. The average Bonchev–Trinajstić information content (AvgIpc) is 2.73. The quantitative estimate of drug-likeness (QED) is 0.500. The minimum Gasteiger partial charge on any atom is -0.484 e. The van der Waals surface area contributed by atoms with Crippen LogP contribution < -0.4 is 15.4 Å². The minimum absolute atomic E-state index is 0.211. The van der Waals surface area contributed by atoms with Gasteiger partial charge in [0.15, 0.2) is 6.61 Å². The third kappa shape index (κ3) is 5.53. The van der Waals surface area contributed by atoms with Crippen molar-refractivity contribution in [3.8, 4) is 5.75 Å². The third-order valence-electron chi connectivity index (χ3n) is 4.54. The number of benzene rings is 3. The van der Waals surface area contributed by atoms with E-state index in [1.54, 1.807) is 42.5 Å². The fourth-order valence-corrected chi connectivity index (χ4v) is 3.05. The van der Waals surface area contributed by atoms with Crippen LogP contribution in [0.1, 0.15) is 21.5 Å². The molecular weight excluding hydrogens is 423 g/mol. The van der Waals surface area contributed by atoms with Crippen molar-refractivity contribution in [1.29, 1.82) is 0 Å². The lowest BCUT2D eigenvalue weighted by molar-refractivity contribution is -0.118. The van der Waals surface area contributed by atoms with E-state index in [2.05, 4.69) is 10.6 Å². The molecule has 0 heterocycles. The van der Waals surface area contributed by atoms with Crippen molar-refractivity contribution >= 4 is 46.4 Å². The molecule has 0 aromatic heterocycles. The molecule has 5 nitrogen and oxygen atoms in total. The van der Waals surface area contributed by atoms with Crippen molar-refractivity contribution in [1.82, 2.24) is 0 Å². The molecule has 0 aliphatic carbocycles. The molecule has 0 unspecified atom stereocenters. The van der Waals surface area contributed by atoms with Crippen LogP contribution in [0, 0.1) is 13.8 Å². The number of ether oxygens (including phenoxy) is 1. The van der Waals surface area contributed by atoms with E-state index in [0.717, 1.165) is 16.8 Å². The van der Waals surface area contributed by atoms with Gasteiger partial charge < -0.3 is 15.4 Å². The molecule has 0 spiro atoms. The van der Waals surface area contributed by atoms with E-state index >= 15 is 0 Å². The van der Waals surface area contributed by atoms with Gasteiger partial charge in [-0.15, -0.1) is 0 Å². The zero-order valence-corrected chi connectivity index (χ0v) is 18.0. The van der Waals surface area contributed by atoms with E-state index < -0.39 is 0 Å². The van der Waals surface area contributed by atoms with Crippen LogP contribution in [0.25, 0.3) is 0 Å². The van der Waals surface area contributed by atoms with Crippen molar-refractivity contribution < 1.29 is 14.3 Å². The van der Waals surface area contributed by atoms with Gasteiger partial charge in [-0.25, -0.2) is 0 Å². The summed E-state index contributed by atoms with van der Waals surface area (Å²) >= 11 is 11.9. The third-order valence-corrected chi connectivity index (χ3v) is 5.11. The highest BCUT2D eigenvalue weighted by Gasteiger charge is 2.10. The van der Waals surface area contributed by atoms with Gasteiger partial charge in [0, 0.05) is 16.3 Å². The van der Waals surface area contributed by atoms with E-state index in [0.29, 0.717) is 27.0 Å². The summed E-state index contributed by atoms with van der Waals surface area (Å²) in [7, 11) is 0. The molecule has 154 valence electrons. The second kappa shape index (κ2) is 9.65. The molecule has 0 saturated carbocycles. The number of amides is 2. The zero-order chi connectivity index (χ0) is 21.7. The Labute approximate surface area is 185 Å². The van der Waals surface area contributed by atoms with E-state index in [-0.39, 0.29) is 18.4 Å². The molecule has 3 rings (SSSR count). The number of hydrogen-bond donors (Lipinski definition) is 2. The van der Waals surface area contributed by atoms with Crippen LogP contribution in [-0.4, -0.2) is 18.4 Å². The van der Waals surface area contributed by atoms with Crippen molar-refractivity contribution in [3.05, 3.63) is 87.4 Å². The van der Waals surface area contributed by atoms with Crippen molar-refractivity contribution in [2.75, 3.05) is 17.2 Å². The van der Waals surface area contributed by atoms with Crippen LogP contribution in [0.5, 0.6) is 5.75 Å². The number of halogens is 2. The number of anilines is 2. The first kappa shape index (κ1) is 21.7. The van der Waals surface area contributed by atoms with Gasteiger partial charge in [0.1, 0.15) is 5.75 Å². The van der Waals surface area contributed by atoms with Crippen LogP contribution in [0.3, 0.4) is 0 Å². The van der Waals surface area contributed by atoms with Gasteiger partial charge >= 0.3 is 0 Å². The average molecular weight is 443 g/mol. The SMILES string of the molecule is Cc1cccc(NC(=O)c2ccc(OCC(=O)Nc3cc(Cl)ccc3Cl)cc2)c1C. The molecule has 0 fully saturated rings. The molecule has 0 bridgehead atoms. The Bertz CT molecular complexity index is 1080. The minimum atomic E-state index is -0.379. The Hall–Kier alpha value is -3.02. The second-order valence-corrected chi connectivity index (χ2v) is 7.53. The second-order valence-electron chi connectivity index (χ2n) is 6.69. The molecule has 3 aromatic rings. The monoisotopic (exact) mass is 442 g/mol. The van der Waals surface area contributed by atoms with Crippen molar-refractivity contribution in [2.24, 2.45) is 0 Å². The lowest BCUT2D eigenvalue weighted by Crippen LogP contribution is -2.20. The molecule has 0 saturated heterocycles. The van der Waals surface area contributed by atoms with E-state index in [1.807, 2.05) is 32.0 Å². The van der Waals surface area contributed by atoms with Gasteiger partial charge in [-0.2, -0.15) is 0 Å². The number of nitrogens with one attached hydrogen (secondary N) is 2. The van der Waals surface area contributed by atoms with Crippen LogP contribution in [0.15, 0.2) is 60.7 Å². The summed E-state index contributed by atoms with van der Waals surface area (Å²) < 4.78 is 5.48. The Balaban J connectivity index is 1.56. The van der Waals surface area contributed by atoms with Gasteiger partial charge in [-0.05, 0) is 73.5 Å². The van der Waals surface area contributed by atoms with E-state index in [4.69, 9.17) is 27.9 Å².